The molecule has 2 atom stereocenters. The first-order chi connectivity index (χ1) is 16.0. The van der Waals surface area contributed by atoms with E-state index in [9.17, 15) is 23.2 Å². The van der Waals surface area contributed by atoms with Gasteiger partial charge >= 0.3 is 12.1 Å². The second-order valence-corrected chi connectivity index (χ2v) is 9.37. The molecule has 0 unspecified atom stereocenters. The Morgan fingerprint density at radius 3 is 2.12 bits per heavy atom. The van der Waals surface area contributed by atoms with Crippen LogP contribution in [0.5, 0.6) is 0 Å². The molecule has 9 heteroatoms. The molecule has 3 N–H and O–H groups in total. The Labute approximate surface area is 195 Å². The van der Waals surface area contributed by atoms with Crippen molar-refractivity contribution in [2.45, 2.75) is 25.7 Å². The average molecular weight is 472 g/mol. The van der Waals surface area contributed by atoms with Crippen LogP contribution in [0.25, 0.3) is 11.1 Å². The third-order valence-electron chi connectivity index (χ3n) is 6.58. The Morgan fingerprint density at radius 2 is 1.56 bits per heavy atom. The zero-order valence-electron chi connectivity index (χ0n) is 18.8. The minimum atomic E-state index is -3.28. The van der Waals surface area contributed by atoms with Crippen LogP contribution in [0.3, 0.4) is 0 Å². The van der Waals surface area contributed by atoms with Crippen LogP contribution in [0.2, 0.25) is 0 Å². The molecule has 0 spiro atoms. The molecule has 7 nitrogen and oxygen atoms in total. The van der Waals surface area contributed by atoms with E-state index in [0.717, 1.165) is 22.3 Å². The number of fused-ring (bicyclic) bond motifs is 3. The fourth-order valence-corrected chi connectivity index (χ4v) is 4.34. The summed E-state index contributed by atoms with van der Waals surface area (Å²) in [6.07, 6.45) is -0.837. The van der Waals surface area contributed by atoms with Crippen LogP contribution < -0.4 is 10.6 Å². The van der Waals surface area contributed by atoms with Gasteiger partial charge < -0.3 is 20.5 Å². The number of alkyl carbamates (subject to hydrolysis) is 1. The van der Waals surface area contributed by atoms with Crippen molar-refractivity contribution in [2.75, 3.05) is 19.7 Å². The monoisotopic (exact) mass is 472 g/mol. The van der Waals surface area contributed by atoms with Crippen LogP contribution in [-0.4, -0.2) is 48.7 Å². The number of halogens is 2. The van der Waals surface area contributed by atoms with Gasteiger partial charge in [-0.2, -0.15) is 0 Å². The molecule has 0 bridgehead atoms. The average Bonchev–Trinajstić information content (AvgIpc) is 3.21. The molecular weight excluding hydrogens is 446 g/mol. The Morgan fingerprint density at radius 1 is 1.00 bits per heavy atom. The molecule has 34 heavy (non-hydrogen) atoms. The maximum absolute atomic E-state index is 14.1. The van der Waals surface area contributed by atoms with Crippen molar-refractivity contribution in [2.24, 2.45) is 17.3 Å². The van der Waals surface area contributed by atoms with Gasteiger partial charge in [0.25, 0.3) is 5.92 Å². The first kappa shape index (κ1) is 23.7. The zero-order chi connectivity index (χ0) is 24.7. The first-order valence-corrected chi connectivity index (χ1v) is 11.0. The van der Waals surface area contributed by atoms with Gasteiger partial charge in [-0.25, -0.2) is 13.6 Å². The van der Waals surface area contributed by atoms with Crippen molar-refractivity contribution in [3.05, 3.63) is 59.7 Å². The molecule has 0 radical (unpaired) electrons. The third kappa shape index (κ3) is 4.34. The van der Waals surface area contributed by atoms with Gasteiger partial charge in [0, 0.05) is 19.0 Å². The van der Waals surface area contributed by atoms with Gasteiger partial charge in [0.05, 0.1) is 11.3 Å². The number of carbonyl (C=O) groups excluding carboxylic acids is 2. The fraction of sp³-hybridized carbons (Fsp3) is 0.400. The molecule has 2 aliphatic carbocycles. The fourth-order valence-electron chi connectivity index (χ4n) is 4.34. The number of alkyl halides is 2. The third-order valence-corrected chi connectivity index (χ3v) is 6.58. The van der Waals surface area contributed by atoms with Gasteiger partial charge in [-0.3, -0.25) is 9.59 Å². The van der Waals surface area contributed by atoms with Crippen LogP contribution >= 0.6 is 0 Å². The van der Waals surface area contributed by atoms with Gasteiger partial charge in [-0.05, 0) is 36.1 Å². The molecule has 2 amide bonds. The predicted octanol–water partition coefficient (Wildman–Crippen LogP) is 3.63. The standard InChI is InChI=1S/C25H26F2N2O5/c1-24(2,22(31)32)13-29-21(30)20-19(25(20,26)27)11-28-23(33)34-12-18-16-9-5-3-7-14(16)15-8-4-6-10-17(15)18/h3-10,18-20H,11-13H2,1-2H3,(H,28,33)(H,29,30)(H,31,32)/t19-,20-/m0/s1. The second kappa shape index (κ2) is 8.70. The SMILES string of the molecule is CC(C)(CNC(=O)[C@@H]1[C@H](CNC(=O)OCC2c3ccccc3-c3ccccc32)C1(F)F)C(=O)O. The molecular formula is C25H26F2N2O5. The smallest absolute Gasteiger partial charge is 0.407 e. The molecule has 0 saturated heterocycles. The van der Waals surface area contributed by atoms with Crippen molar-refractivity contribution in [1.82, 2.24) is 10.6 Å². The summed E-state index contributed by atoms with van der Waals surface area (Å²) >= 11 is 0. The van der Waals surface area contributed by atoms with E-state index < -0.39 is 47.7 Å². The lowest BCUT2D eigenvalue weighted by atomic mass is 9.94. The largest absolute Gasteiger partial charge is 0.481 e. The molecule has 0 aliphatic heterocycles. The quantitative estimate of drug-likeness (QED) is 0.544. The van der Waals surface area contributed by atoms with Crippen LogP contribution in [-0.2, 0) is 14.3 Å². The number of nitrogens with one attached hydrogen (secondary N) is 2. The number of hydrogen-bond acceptors (Lipinski definition) is 4. The predicted molar refractivity (Wildman–Crippen MR) is 119 cm³/mol. The molecule has 180 valence electrons. The molecule has 2 aromatic rings. The molecule has 1 fully saturated rings. The lowest BCUT2D eigenvalue weighted by Gasteiger charge is -2.19. The number of ether oxygens (including phenoxy) is 1. The number of amides is 2. The number of aliphatic carboxylic acids is 1. The topological polar surface area (TPSA) is 105 Å². The molecule has 4 rings (SSSR count). The van der Waals surface area contributed by atoms with E-state index in [1.54, 1.807) is 0 Å². The highest BCUT2D eigenvalue weighted by molar-refractivity contribution is 5.85. The first-order valence-electron chi connectivity index (χ1n) is 11.0. The highest BCUT2D eigenvalue weighted by Gasteiger charge is 2.71. The highest BCUT2D eigenvalue weighted by Crippen LogP contribution is 2.55. The van der Waals surface area contributed by atoms with E-state index in [2.05, 4.69) is 10.6 Å². The Balaban J connectivity index is 1.29. The lowest BCUT2D eigenvalue weighted by molar-refractivity contribution is -0.146. The summed E-state index contributed by atoms with van der Waals surface area (Å²) in [5.74, 6) is -8.51. The van der Waals surface area contributed by atoms with Gasteiger partial charge in [0.15, 0.2) is 0 Å². The Kier molecular flexibility index (Phi) is 6.05. The summed E-state index contributed by atoms with van der Waals surface area (Å²) in [7, 11) is 0. The van der Waals surface area contributed by atoms with E-state index in [-0.39, 0.29) is 19.1 Å². The zero-order valence-corrected chi connectivity index (χ0v) is 18.8. The summed E-state index contributed by atoms with van der Waals surface area (Å²) < 4.78 is 33.6. The van der Waals surface area contributed by atoms with Crippen molar-refractivity contribution < 1.29 is 33.0 Å². The van der Waals surface area contributed by atoms with E-state index in [1.807, 2.05) is 48.5 Å². The van der Waals surface area contributed by atoms with Gasteiger partial charge in [-0.1, -0.05) is 48.5 Å². The normalized spacial score (nSPS) is 20.1. The number of carbonyl (C=O) groups is 3. The van der Waals surface area contributed by atoms with E-state index in [1.165, 1.54) is 13.8 Å². The lowest BCUT2D eigenvalue weighted by Crippen LogP contribution is -2.40. The van der Waals surface area contributed by atoms with Crippen molar-refractivity contribution in [1.29, 1.82) is 0 Å². The summed E-state index contributed by atoms with van der Waals surface area (Å²) in [4.78, 5) is 35.5. The summed E-state index contributed by atoms with van der Waals surface area (Å²) in [6, 6.07) is 15.7. The Hall–Kier alpha value is -3.49. The number of rotatable bonds is 8. The molecule has 2 aliphatic rings. The minimum absolute atomic E-state index is 0.0507. The van der Waals surface area contributed by atoms with E-state index >= 15 is 0 Å². The van der Waals surface area contributed by atoms with Crippen LogP contribution in [0.15, 0.2) is 48.5 Å². The van der Waals surface area contributed by atoms with Crippen molar-refractivity contribution in [3.63, 3.8) is 0 Å². The number of carboxylic acids is 1. The minimum Gasteiger partial charge on any atom is -0.481 e. The van der Waals surface area contributed by atoms with Crippen LogP contribution in [0.1, 0.15) is 30.9 Å². The number of carboxylic acid groups (broad SMARTS) is 1. The molecule has 2 aromatic carbocycles. The summed E-state index contributed by atoms with van der Waals surface area (Å²) in [5.41, 5.74) is 2.93. The summed E-state index contributed by atoms with van der Waals surface area (Å²) in [5, 5.41) is 13.7. The van der Waals surface area contributed by atoms with Gasteiger partial charge in [0.2, 0.25) is 5.91 Å². The molecule has 1 saturated carbocycles. The van der Waals surface area contributed by atoms with Gasteiger partial charge in [0.1, 0.15) is 12.5 Å². The number of hydrogen-bond donors (Lipinski definition) is 3. The maximum Gasteiger partial charge on any atom is 0.407 e. The second-order valence-electron chi connectivity index (χ2n) is 9.37. The maximum atomic E-state index is 14.1. The van der Waals surface area contributed by atoms with E-state index in [4.69, 9.17) is 9.84 Å². The Bertz CT molecular complexity index is 1090. The van der Waals surface area contributed by atoms with Crippen LogP contribution in [0.4, 0.5) is 13.6 Å². The molecule has 0 aromatic heterocycles. The summed E-state index contributed by atoms with van der Waals surface area (Å²) in [6.45, 7) is 2.12. The van der Waals surface area contributed by atoms with E-state index in [0.29, 0.717) is 0 Å². The van der Waals surface area contributed by atoms with Crippen molar-refractivity contribution in [3.8, 4) is 11.1 Å². The number of benzene rings is 2. The van der Waals surface area contributed by atoms with Crippen molar-refractivity contribution >= 4 is 18.0 Å². The van der Waals surface area contributed by atoms with Gasteiger partial charge in [-0.15, -0.1) is 0 Å². The molecule has 0 heterocycles. The van der Waals surface area contributed by atoms with Crippen LogP contribution in [0, 0.1) is 17.3 Å². The highest BCUT2D eigenvalue weighted by atomic mass is 19.3.